The van der Waals surface area contributed by atoms with E-state index < -0.39 is 0 Å². The molecule has 0 aliphatic carbocycles. The van der Waals surface area contributed by atoms with E-state index >= 15 is 0 Å². The van der Waals surface area contributed by atoms with Crippen molar-refractivity contribution in [2.24, 2.45) is 0 Å². The number of aromatic nitrogens is 4. The van der Waals surface area contributed by atoms with E-state index in [0.29, 0.717) is 45.5 Å². The first kappa shape index (κ1) is 28.7. The molecule has 12 heteroatoms. The minimum Gasteiger partial charge on any atom is -0.493 e. The SMILES string of the molecule is COc1cc(Nc2nc(C)c(-c3nc(-c4cc(NC(=O)Cn5ccc6ccccc65)ccc4C)no3)s2)cc(OC)c1OC. The summed E-state index contributed by atoms with van der Waals surface area (Å²) >= 11 is 1.38. The first-order chi connectivity index (χ1) is 21.4. The van der Waals surface area contributed by atoms with Crippen molar-refractivity contribution in [3.05, 3.63) is 78.1 Å². The Bertz CT molecular complexity index is 1950. The van der Waals surface area contributed by atoms with E-state index in [-0.39, 0.29) is 12.5 Å². The predicted octanol–water partition coefficient (Wildman–Crippen LogP) is 6.84. The number of benzene rings is 3. The largest absolute Gasteiger partial charge is 0.493 e. The van der Waals surface area contributed by atoms with Crippen LogP contribution in [0.4, 0.5) is 16.5 Å². The van der Waals surface area contributed by atoms with E-state index in [1.807, 2.05) is 73.1 Å². The summed E-state index contributed by atoms with van der Waals surface area (Å²) in [5.74, 6) is 2.18. The first-order valence-corrected chi connectivity index (χ1v) is 14.5. The highest BCUT2D eigenvalue weighted by Crippen LogP contribution is 2.42. The molecule has 0 aliphatic rings. The van der Waals surface area contributed by atoms with E-state index in [2.05, 4.69) is 25.8 Å². The zero-order chi connectivity index (χ0) is 30.8. The lowest BCUT2D eigenvalue weighted by atomic mass is 10.1. The van der Waals surface area contributed by atoms with Gasteiger partial charge in [0.05, 0.1) is 27.0 Å². The van der Waals surface area contributed by atoms with Gasteiger partial charge in [-0.1, -0.05) is 40.8 Å². The number of nitrogens with zero attached hydrogens (tertiary/aromatic N) is 4. The minimum atomic E-state index is -0.137. The number of anilines is 3. The van der Waals surface area contributed by atoms with Crippen molar-refractivity contribution in [3.63, 3.8) is 0 Å². The molecule has 0 unspecified atom stereocenters. The van der Waals surface area contributed by atoms with Gasteiger partial charge in [-0.3, -0.25) is 4.79 Å². The van der Waals surface area contributed by atoms with Crippen molar-refractivity contribution in [2.45, 2.75) is 20.4 Å². The molecule has 11 nitrogen and oxygen atoms in total. The highest BCUT2D eigenvalue weighted by Gasteiger charge is 2.20. The van der Waals surface area contributed by atoms with Crippen molar-refractivity contribution in [1.29, 1.82) is 0 Å². The average Bonchev–Trinajstić information content (AvgIpc) is 3.76. The zero-order valence-corrected chi connectivity index (χ0v) is 25.6. The molecule has 3 aromatic heterocycles. The molecule has 2 N–H and O–H groups in total. The zero-order valence-electron chi connectivity index (χ0n) is 24.8. The lowest BCUT2D eigenvalue weighted by Crippen LogP contribution is -2.18. The van der Waals surface area contributed by atoms with Crippen LogP contribution in [0.1, 0.15) is 11.3 Å². The van der Waals surface area contributed by atoms with E-state index in [9.17, 15) is 4.79 Å². The van der Waals surface area contributed by atoms with Crippen molar-refractivity contribution in [2.75, 3.05) is 32.0 Å². The molecule has 0 fully saturated rings. The monoisotopic (exact) mass is 610 g/mol. The van der Waals surface area contributed by atoms with Crippen molar-refractivity contribution >= 4 is 44.7 Å². The lowest BCUT2D eigenvalue weighted by Gasteiger charge is -2.14. The number of methoxy groups -OCH3 is 3. The van der Waals surface area contributed by atoms with Gasteiger partial charge in [0.15, 0.2) is 16.6 Å². The normalized spacial score (nSPS) is 11.0. The van der Waals surface area contributed by atoms with Crippen LogP contribution in [0.2, 0.25) is 0 Å². The topological polar surface area (TPSA) is 126 Å². The molecule has 224 valence electrons. The fraction of sp³-hybridized carbons (Fsp3) is 0.188. The molecule has 0 saturated carbocycles. The van der Waals surface area contributed by atoms with E-state index in [1.54, 1.807) is 33.5 Å². The summed E-state index contributed by atoms with van der Waals surface area (Å²) in [6, 6.07) is 19.2. The second kappa shape index (κ2) is 12.1. The summed E-state index contributed by atoms with van der Waals surface area (Å²) in [6.45, 7) is 4.03. The molecule has 0 aliphatic heterocycles. The predicted molar refractivity (Wildman–Crippen MR) is 170 cm³/mol. The Morgan fingerprint density at radius 1 is 0.932 bits per heavy atom. The number of hydrogen-bond acceptors (Lipinski definition) is 10. The summed E-state index contributed by atoms with van der Waals surface area (Å²) < 4.78 is 23.9. The number of hydrogen-bond donors (Lipinski definition) is 2. The molecule has 0 saturated heterocycles. The third-order valence-corrected chi connectivity index (χ3v) is 8.15. The number of aryl methyl sites for hydroxylation is 2. The van der Waals surface area contributed by atoms with Crippen LogP contribution >= 0.6 is 11.3 Å². The van der Waals surface area contributed by atoms with Gasteiger partial charge in [-0.25, -0.2) is 4.98 Å². The van der Waals surface area contributed by atoms with Crippen molar-refractivity contribution < 1.29 is 23.5 Å². The Morgan fingerprint density at radius 3 is 2.45 bits per heavy atom. The maximum absolute atomic E-state index is 12.9. The Labute approximate surface area is 257 Å². The molecule has 6 rings (SSSR count). The van der Waals surface area contributed by atoms with E-state index in [0.717, 1.165) is 32.6 Å². The molecule has 1 amide bonds. The maximum atomic E-state index is 12.9. The number of carbonyl (C=O) groups is 1. The van der Waals surface area contributed by atoms with Crippen LogP contribution in [0.5, 0.6) is 17.2 Å². The smallest absolute Gasteiger partial charge is 0.270 e. The molecule has 44 heavy (non-hydrogen) atoms. The van der Waals surface area contributed by atoms with Gasteiger partial charge < -0.3 is 33.9 Å². The number of fused-ring (bicyclic) bond motifs is 1. The fourth-order valence-corrected chi connectivity index (χ4v) is 5.83. The van der Waals surface area contributed by atoms with Gasteiger partial charge in [0.1, 0.15) is 11.4 Å². The van der Waals surface area contributed by atoms with Crippen LogP contribution in [0.25, 0.3) is 33.1 Å². The first-order valence-electron chi connectivity index (χ1n) is 13.7. The van der Waals surface area contributed by atoms with Crippen LogP contribution in [0, 0.1) is 13.8 Å². The van der Waals surface area contributed by atoms with E-state index in [1.165, 1.54) is 11.3 Å². The molecule has 6 aromatic rings. The summed E-state index contributed by atoms with van der Waals surface area (Å²) in [7, 11) is 4.69. The summed E-state index contributed by atoms with van der Waals surface area (Å²) in [5, 5.41) is 12.2. The molecule has 0 spiro atoms. The van der Waals surface area contributed by atoms with Gasteiger partial charge in [-0.2, -0.15) is 4.98 Å². The van der Waals surface area contributed by atoms with E-state index in [4.69, 9.17) is 18.7 Å². The number of amides is 1. The van der Waals surface area contributed by atoms with Gasteiger partial charge >= 0.3 is 0 Å². The summed E-state index contributed by atoms with van der Waals surface area (Å²) in [6.07, 6.45) is 1.92. The molecular weight excluding hydrogens is 580 g/mol. The molecule has 3 aromatic carbocycles. The number of thiazole rings is 1. The number of nitrogens with one attached hydrogen (secondary N) is 2. The van der Waals surface area contributed by atoms with Gasteiger partial charge in [0.2, 0.25) is 17.5 Å². The highest BCUT2D eigenvalue weighted by molar-refractivity contribution is 7.19. The highest BCUT2D eigenvalue weighted by atomic mass is 32.1. The molecular formula is C32H30N6O5S. The van der Waals surface area contributed by atoms with Gasteiger partial charge in [0.25, 0.3) is 5.89 Å². The lowest BCUT2D eigenvalue weighted by molar-refractivity contribution is -0.116. The van der Waals surface area contributed by atoms with Crippen LogP contribution in [0.15, 0.2) is 71.4 Å². The second-order valence-electron chi connectivity index (χ2n) is 9.98. The third-order valence-electron chi connectivity index (χ3n) is 7.09. The Kier molecular flexibility index (Phi) is 7.90. The van der Waals surface area contributed by atoms with Gasteiger partial charge in [-0.15, -0.1) is 0 Å². The second-order valence-corrected chi connectivity index (χ2v) is 11.0. The molecule has 3 heterocycles. The van der Waals surface area contributed by atoms with Gasteiger partial charge in [-0.05, 0) is 49.1 Å². The van der Waals surface area contributed by atoms with Gasteiger partial charge in [0, 0.05) is 40.8 Å². The van der Waals surface area contributed by atoms with Crippen molar-refractivity contribution in [1.82, 2.24) is 19.7 Å². The molecule has 0 radical (unpaired) electrons. The van der Waals surface area contributed by atoms with Crippen LogP contribution in [-0.2, 0) is 11.3 Å². The Morgan fingerprint density at radius 2 is 1.70 bits per heavy atom. The van der Waals surface area contributed by atoms with Crippen LogP contribution < -0.4 is 24.8 Å². The number of rotatable bonds is 10. The minimum absolute atomic E-state index is 0.137. The average molecular weight is 611 g/mol. The number of ether oxygens (including phenoxy) is 3. The number of para-hydroxylation sites is 1. The van der Waals surface area contributed by atoms with Crippen LogP contribution in [0.3, 0.4) is 0 Å². The fourth-order valence-electron chi connectivity index (χ4n) is 4.92. The van der Waals surface area contributed by atoms with Crippen LogP contribution in [-0.4, -0.2) is 46.9 Å². The Hall–Kier alpha value is -5.36. The molecule has 0 atom stereocenters. The van der Waals surface area contributed by atoms with Crippen molar-refractivity contribution in [3.8, 4) is 39.4 Å². The quantitative estimate of drug-likeness (QED) is 0.171. The standard InChI is InChI=1S/C32H30N6O5S/c1-18-10-11-21(34-27(39)17-38-13-12-20-8-6-7-9-24(20)38)14-23(18)30-36-31(43-37-30)29-19(2)33-32(44-29)35-22-15-25(40-3)28(42-5)26(16-22)41-4/h6-16H,17H2,1-5H3,(H,33,35)(H,34,39). The molecule has 0 bridgehead atoms. The summed E-state index contributed by atoms with van der Waals surface area (Å²) in [5.41, 5.74) is 4.79. The number of carbonyl (C=O) groups excluding carboxylic acids is 1. The Balaban J connectivity index is 1.20. The maximum Gasteiger partial charge on any atom is 0.270 e. The third kappa shape index (κ3) is 5.66. The summed E-state index contributed by atoms with van der Waals surface area (Å²) in [4.78, 5) is 23.0.